The number of sulfonamides is 1. The number of nitrogens with one attached hydrogen (secondary N) is 2. The maximum atomic E-state index is 13.7. The molecule has 0 aliphatic heterocycles. The Labute approximate surface area is 126 Å². The highest BCUT2D eigenvalue weighted by molar-refractivity contribution is 7.89. The van der Waals surface area contributed by atoms with Gasteiger partial charge in [-0.2, -0.15) is 0 Å². The van der Waals surface area contributed by atoms with E-state index in [1.807, 2.05) is 6.92 Å². The third-order valence-corrected chi connectivity index (χ3v) is 5.26. The molecule has 0 bridgehead atoms. The van der Waals surface area contributed by atoms with Gasteiger partial charge in [0.25, 0.3) is 0 Å². The Morgan fingerprint density at radius 2 is 2.05 bits per heavy atom. The normalized spacial score (nSPS) is 16.9. The first-order valence-electron chi connectivity index (χ1n) is 7.35. The molecule has 1 saturated carbocycles. The summed E-state index contributed by atoms with van der Waals surface area (Å²) in [7, 11) is -3.57. The summed E-state index contributed by atoms with van der Waals surface area (Å²) in [6, 6.07) is 3.95. The zero-order chi connectivity index (χ0) is 15.5. The highest BCUT2D eigenvalue weighted by Gasteiger charge is 2.38. The van der Waals surface area contributed by atoms with Gasteiger partial charge in [-0.25, -0.2) is 17.5 Å². The van der Waals surface area contributed by atoms with Crippen LogP contribution in [0.2, 0.25) is 0 Å². The summed E-state index contributed by atoms with van der Waals surface area (Å²) < 4.78 is 40.8. The van der Waals surface area contributed by atoms with Crippen LogP contribution in [-0.2, 0) is 16.6 Å². The minimum absolute atomic E-state index is 0.0958. The van der Waals surface area contributed by atoms with Gasteiger partial charge in [0, 0.05) is 18.7 Å². The van der Waals surface area contributed by atoms with Crippen LogP contribution in [0.3, 0.4) is 0 Å². The van der Waals surface area contributed by atoms with Crippen molar-refractivity contribution in [2.45, 2.75) is 44.6 Å². The zero-order valence-corrected chi connectivity index (χ0v) is 13.4. The lowest BCUT2D eigenvalue weighted by molar-refractivity contribution is 0.529. The van der Waals surface area contributed by atoms with E-state index in [1.54, 1.807) is 0 Å². The molecule has 118 valence electrons. The zero-order valence-electron chi connectivity index (χ0n) is 12.6. The van der Waals surface area contributed by atoms with Gasteiger partial charge >= 0.3 is 0 Å². The van der Waals surface area contributed by atoms with E-state index in [9.17, 15) is 12.8 Å². The number of halogens is 1. The fourth-order valence-electron chi connectivity index (χ4n) is 2.00. The SMILES string of the molecule is CCCNCc1cc(S(=O)(=O)NCC2(C)CC2)ccc1F. The largest absolute Gasteiger partial charge is 0.313 e. The van der Waals surface area contributed by atoms with Gasteiger partial charge < -0.3 is 5.32 Å². The lowest BCUT2D eigenvalue weighted by Gasteiger charge is -2.12. The first-order chi connectivity index (χ1) is 9.86. The van der Waals surface area contributed by atoms with Crippen molar-refractivity contribution in [1.82, 2.24) is 10.0 Å². The monoisotopic (exact) mass is 314 g/mol. The van der Waals surface area contributed by atoms with Crippen molar-refractivity contribution >= 4 is 10.0 Å². The number of benzene rings is 1. The maximum absolute atomic E-state index is 13.7. The first-order valence-corrected chi connectivity index (χ1v) is 8.83. The summed E-state index contributed by atoms with van der Waals surface area (Å²) in [5.41, 5.74) is 0.475. The molecular weight excluding hydrogens is 291 g/mol. The molecule has 1 aromatic rings. The van der Waals surface area contributed by atoms with Crippen LogP contribution in [0.15, 0.2) is 23.1 Å². The fraction of sp³-hybridized carbons (Fsp3) is 0.600. The molecule has 0 spiro atoms. The molecule has 2 N–H and O–H groups in total. The second-order valence-electron chi connectivity index (χ2n) is 6.07. The minimum atomic E-state index is -3.57. The van der Waals surface area contributed by atoms with Crippen LogP contribution >= 0.6 is 0 Å². The van der Waals surface area contributed by atoms with Crippen molar-refractivity contribution in [3.05, 3.63) is 29.6 Å². The van der Waals surface area contributed by atoms with Gasteiger partial charge in [-0.05, 0) is 49.4 Å². The van der Waals surface area contributed by atoms with E-state index in [-0.39, 0.29) is 16.1 Å². The van der Waals surface area contributed by atoms with E-state index in [2.05, 4.69) is 17.0 Å². The molecule has 1 aliphatic carbocycles. The highest BCUT2D eigenvalue weighted by Crippen LogP contribution is 2.44. The quantitative estimate of drug-likeness (QED) is 0.725. The molecule has 1 fully saturated rings. The van der Waals surface area contributed by atoms with Crippen LogP contribution in [-0.4, -0.2) is 21.5 Å². The van der Waals surface area contributed by atoms with Gasteiger partial charge in [0.2, 0.25) is 10.0 Å². The standard InChI is InChI=1S/C15H23FN2O2S/c1-3-8-17-10-12-9-13(4-5-14(12)16)21(19,20)18-11-15(2)6-7-15/h4-5,9,17-18H,3,6-8,10-11H2,1-2H3. The molecule has 21 heavy (non-hydrogen) atoms. The van der Waals surface area contributed by atoms with Crippen molar-refractivity contribution in [3.8, 4) is 0 Å². The van der Waals surface area contributed by atoms with Crippen LogP contribution in [0, 0.1) is 11.2 Å². The molecule has 0 atom stereocenters. The Balaban J connectivity index is 2.09. The third kappa shape index (κ3) is 4.49. The summed E-state index contributed by atoms with van der Waals surface area (Å²) >= 11 is 0. The third-order valence-electron chi connectivity index (χ3n) is 3.86. The Morgan fingerprint density at radius 3 is 2.67 bits per heavy atom. The van der Waals surface area contributed by atoms with Crippen LogP contribution in [0.1, 0.15) is 38.7 Å². The molecule has 1 aromatic carbocycles. The molecule has 6 heteroatoms. The van der Waals surface area contributed by atoms with Crippen molar-refractivity contribution < 1.29 is 12.8 Å². The lowest BCUT2D eigenvalue weighted by Crippen LogP contribution is -2.29. The molecule has 2 rings (SSSR count). The van der Waals surface area contributed by atoms with Gasteiger partial charge in [-0.3, -0.25) is 0 Å². The van der Waals surface area contributed by atoms with Crippen LogP contribution in [0.4, 0.5) is 4.39 Å². The second kappa shape index (κ2) is 6.42. The number of hydrogen-bond acceptors (Lipinski definition) is 3. The summed E-state index contributed by atoms with van der Waals surface area (Å²) in [5, 5.41) is 3.08. The summed E-state index contributed by atoms with van der Waals surface area (Å²) in [6.45, 7) is 5.62. The molecule has 4 nitrogen and oxygen atoms in total. The van der Waals surface area contributed by atoms with E-state index in [4.69, 9.17) is 0 Å². The summed E-state index contributed by atoms with van der Waals surface area (Å²) in [5.74, 6) is -0.383. The van der Waals surface area contributed by atoms with Crippen LogP contribution in [0.5, 0.6) is 0 Å². The minimum Gasteiger partial charge on any atom is -0.313 e. The summed E-state index contributed by atoms with van der Waals surface area (Å²) in [4.78, 5) is 0.126. The van der Waals surface area contributed by atoms with Crippen molar-refractivity contribution in [2.75, 3.05) is 13.1 Å². The lowest BCUT2D eigenvalue weighted by atomic mass is 10.2. The van der Waals surface area contributed by atoms with Gasteiger partial charge in [-0.15, -0.1) is 0 Å². The van der Waals surface area contributed by atoms with Gasteiger partial charge in [0.05, 0.1) is 4.90 Å². The van der Waals surface area contributed by atoms with E-state index in [0.717, 1.165) is 25.8 Å². The summed E-state index contributed by atoms with van der Waals surface area (Å²) in [6.07, 6.45) is 3.04. The van der Waals surface area contributed by atoms with E-state index >= 15 is 0 Å². The predicted octanol–water partition coefficient (Wildman–Crippen LogP) is 2.40. The van der Waals surface area contributed by atoms with Crippen molar-refractivity contribution in [2.24, 2.45) is 5.41 Å². The molecule has 1 aliphatic rings. The maximum Gasteiger partial charge on any atom is 0.240 e. The highest BCUT2D eigenvalue weighted by atomic mass is 32.2. The van der Waals surface area contributed by atoms with Gasteiger partial charge in [0.1, 0.15) is 5.82 Å². The number of hydrogen-bond donors (Lipinski definition) is 2. The predicted molar refractivity (Wildman–Crippen MR) is 80.9 cm³/mol. The Hall–Kier alpha value is -0.980. The smallest absolute Gasteiger partial charge is 0.240 e. The molecule has 0 aromatic heterocycles. The molecule has 0 radical (unpaired) electrons. The Bertz CT molecular complexity index is 598. The average Bonchev–Trinajstić information content (AvgIpc) is 3.17. The van der Waals surface area contributed by atoms with Crippen LogP contribution in [0.25, 0.3) is 0 Å². The molecule has 0 heterocycles. The molecule has 0 amide bonds. The Morgan fingerprint density at radius 1 is 1.33 bits per heavy atom. The van der Waals surface area contributed by atoms with Gasteiger partial charge in [0.15, 0.2) is 0 Å². The van der Waals surface area contributed by atoms with E-state index in [0.29, 0.717) is 18.7 Å². The van der Waals surface area contributed by atoms with Crippen molar-refractivity contribution in [3.63, 3.8) is 0 Å². The van der Waals surface area contributed by atoms with Gasteiger partial charge in [-0.1, -0.05) is 13.8 Å². The fourth-order valence-corrected chi connectivity index (χ4v) is 3.25. The molecule has 0 saturated heterocycles. The topological polar surface area (TPSA) is 58.2 Å². The molecular formula is C15H23FN2O2S. The average molecular weight is 314 g/mol. The number of rotatable bonds is 8. The van der Waals surface area contributed by atoms with Crippen LogP contribution < -0.4 is 10.0 Å². The van der Waals surface area contributed by atoms with Crippen molar-refractivity contribution in [1.29, 1.82) is 0 Å². The first kappa shape index (κ1) is 16.4. The Kier molecular flexibility index (Phi) is 5.01. The molecule has 0 unspecified atom stereocenters. The second-order valence-corrected chi connectivity index (χ2v) is 7.83. The van der Waals surface area contributed by atoms with E-state index in [1.165, 1.54) is 18.2 Å². The van der Waals surface area contributed by atoms with E-state index < -0.39 is 10.0 Å².